The van der Waals surface area contributed by atoms with Crippen LogP contribution in [0.25, 0.3) is 0 Å². The summed E-state index contributed by atoms with van der Waals surface area (Å²) in [7, 11) is -3.73. The highest BCUT2D eigenvalue weighted by Gasteiger charge is 2.27. The second-order valence-corrected chi connectivity index (χ2v) is 8.75. The first-order chi connectivity index (χ1) is 13.9. The molecule has 1 aliphatic rings. The number of hydrogen-bond acceptors (Lipinski definition) is 7. The topological polar surface area (TPSA) is 118 Å². The zero-order valence-electron chi connectivity index (χ0n) is 15.6. The van der Waals surface area contributed by atoms with Crippen LogP contribution in [0.1, 0.15) is 20.7 Å². The predicted octanol–water partition coefficient (Wildman–Crippen LogP) is 0.899. The van der Waals surface area contributed by atoms with E-state index in [2.05, 4.69) is 15.8 Å². The van der Waals surface area contributed by atoms with E-state index in [4.69, 9.17) is 4.74 Å². The Labute approximate surface area is 172 Å². The zero-order chi connectivity index (χ0) is 20.9. The van der Waals surface area contributed by atoms with Crippen LogP contribution in [0.4, 0.5) is 0 Å². The van der Waals surface area contributed by atoms with Crippen LogP contribution in [0.3, 0.4) is 0 Å². The Hall–Kier alpha value is -2.47. The molecule has 1 saturated heterocycles. The molecule has 0 spiro atoms. The number of hydrogen-bond donors (Lipinski definition) is 2. The first kappa shape index (κ1) is 21.2. The van der Waals surface area contributed by atoms with Gasteiger partial charge in [0.1, 0.15) is 5.03 Å². The van der Waals surface area contributed by atoms with Gasteiger partial charge in [-0.2, -0.15) is 4.31 Å². The number of carbonyl (C=O) groups is 2. The van der Waals surface area contributed by atoms with Gasteiger partial charge in [0, 0.05) is 24.8 Å². The molecule has 0 aliphatic carbocycles. The normalized spacial score (nSPS) is 14.9. The van der Waals surface area contributed by atoms with Crippen LogP contribution in [0.15, 0.2) is 52.5 Å². The highest BCUT2D eigenvalue weighted by atomic mass is 32.2. The van der Waals surface area contributed by atoms with E-state index in [1.54, 1.807) is 24.6 Å². The SMILES string of the molecule is CSc1ncccc1C(=O)NNC(=O)c1cccc(S(=O)(=O)N2CCOCC2)c1. The largest absolute Gasteiger partial charge is 0.379 e. The van der Waals surface area contributed by atoms with Crippen LogP contribution < -0.4 is 10.9 Å². The number of hydrazine groups is 1. The lowest BCUT2D eigenvalue weighted by Gasteiger charge is -2.26. The van der Waals surface area contributed by atoms with Crippen LogP contribution in [0.5, 0.6) is 0 Å². The highest BCUT2D eigenvalue weighted by Crippen LogP contribution is 2.19. The molecule has 3 rings (SSSR count). The Morgan fingerprint density at radius 2 is 1.83 bits per heavy atom. The number of pyridine rings is 1. The van der Waals surface area contributed by atoms with Crippen LogP contribution in [0.2, 0.25) is 0 Å². The molecular weight excluding hydrogens is 416 g/mol. The fraction of sp³-hybridized carbons (Fsp3) is 0.278. The Balaban J connectivity index is 1.70. The molecule has 0 bridgehead atoms. The number of rotatable bonds is 5. The molecule has 0 atom stereocenters. The molecule has 2 aromatic rings. The third-order valence-electron chi connectivity index (χ3n) is 4.20. The van der Waals surface area contributed by atoms with Crippen LogP contribution in [0, 0.1) is 0 Å². The number of aromatic nitrogens is 1. The van der Waals surface area contributed by atoms with Crippen LogP contribution in [-0.2, 0) is 14.8 Å². The summed E-state index contributed by atoms with van der Waals surface area (Å²) in [6.07, 6.45) is 3.36. The number of ether oxygens (including phenoxy) is 1. The molecular formula is C18H20N4O5S2. The van der Waals surface area contributed by atoms with Crippen molar-refractivity contribution in [1.82, 2.24) is 20.1 Å². The van der Waals surface area contributed by atoms with Crippen molar-refractivity contribution in [1.29, 1.82) is 0 Å². The summed E-state index contributed by atoms with van der Waals surface area (Å²) in [6, 6.07) is 8.88. The quantitative estimate of drug-likeness (QED) is 0.528. The molecule has 2 heterocycles. The number of nitrogens with zero attached hydrogens (tertiary/aromatic N) is 2. The number of morpholine rings is 1. The molecule has 1 aliphatic heterocycles. The van der Waals surface area contributed by atoms with E-state index in [1.165, 1.54) is 40.3 Å². The van der Waals surface area contributed by atoms with E-state index in [9.17, 15) is 18.0 Å². The minimum atomic E-state index is -3.73. The van der Waals surface area contributed by atoms with Gasteiger partial charge in [-0.1, -0.05) is 6.07 Å². The molecule has 154 valence electrons. The average molecular weight is 437 g/mol. The van der Waals surface area contributed by atoms with E-state index in [1.807, 2.05) is 0 Å². The maximum absolute atomic E-state index is 12.7. The molecule has 29 heavy (non-hydrogen) atoms. The Kier molecular flexibility index (Phi) is 6.85. The summed E-state index contributed by atoms with van der Waals surface area (Å²) in [4.78, 5) is 28.8. The highest BCUT2D eigenvalue weighted by molar-refractivity contribution is 7.98. The lowest BCUT2D eigenvalue weighted by Crippen LogP contribution is -2.42. The lowest BCUT2D eigenvalue weighted by molar-refractivity contribution is 0.0730. The van der Waals surface area contributed by atoms with E-state index in [0.717, 1.165) is 0 Å². The van der Waals surface area contributed by atoms with Gasteiger partial charge >= 0.3 is 0 Å². The minimum absolute atomic E-state index is 0.00954. The lowest BCUT2D eigenvalue weighted by atomic mass is 10.2. The van der Waals surface area contributed by atoms with Gasteiger partial charge in [-0.05, 0) is 36.6 Å². The van der Waals surface area contributed by atoms with Gasteiger partial charge in [-0.15, -0.1) is 11.8 Å². The van der Waals surface area contributed by atoms with Crippen molar-refractivity contribution >= 4 is 33.6 Å². The van der Waals surface area contributed by atoms with Gasteiger partial charge in [-0.3, -0.25) is 20.4 Å². The number of thioether (sulfide) groups is 1. The van der Waals surface area contributed by atoms with E-state index < -0.39 is 21.8 Å². The van der Waals surface area contributed by atoms with Crippen molar-refractivity contribution < 1.29 is 22.7 Å². The van der Waals surface area contributed by atoms with Gasteiger partial charge in [0.2, 0.25) is 10.0 Å². The maximum atomic E-state index is 12.7. The standard InChI is InChI=1S/C18H20N4O5S2/c1-28-18-15(6-3-7-19-18)17(24)21-20-16(23)13-4-2-5-14(12-13)29(25,26)22-8-10-27-11-9-22/h2-7,12H,8-11H2,1H3,(H,20,23)(H,21,24). The third kappa shape index (κ3) is 4.93. The molecule has 11 heteroatoms. The van der Waals surface area contributed by atoms with E-state index in [-0.39, 0.29) is 23.5 Å². The van der Waals surface area contributed by atoms with Crippen molar-refractivity contribution in [3.05, 3.63) is 53.7 Å². The molecule has 1 aromatic heterocycles. The maximum Gasteiger partial charge on any atom is 0.272 e. The van der Waals surface area contributed by atoms with Gasteiger partial charge in [0.05, 0.1) is 23.7 Å². The fourth-order valence-corrected chi connectivity index (χ4v) is 4.71. The van der Waals surface area contributed by atoms with Gasteiger partial charge in [0.25, 0.3) is 11.8 Å². The number of carbonyl (C=O) groups excluding carboxylic acids is 2. The first-order valence-electron chi connectivity index (χ1n) is 8.71. The van der Waals surface area contributed by atoms with Crippen LogP contribution >= 0.6 is 11.8 Å². The predicted molar refractivity (Wildman–Crippen MR) is 107 cm³/mol. The van der Waals surface area contributed by atoms with Gasteiger partial charge < -0.3 is 4.74 Å². The summed E-state index contributed by atoms with van der Waals surface area (Å²) < 4.78 is 32.0. The average Bonchev–Trinajstić information content (AvgIpc) is 2.77. The smallest absolute Gasteiger partial charge is 0.272 e. The molecule has 0 unspecified atom stereocenters. The zero-order valence-corrected chi connectivity index (χ0v) is 17.3. The molecule has 1 fully saturated rings. The molecule has 0 saturated carbocycles. The first-order valence-corrected chi connectivity index (χ1v) is 11.4. The van der Waals surface area contributed by atoms with Crippen molar-refractivity contribution in [2.75, 3.05) is 32.6 Å². The van der Waals surface area contributed by atoms with E-state index in [0.29, 0.717) is 23.8 Å². The van der Waals surface area contributed by atoms with E-state index >= 15 is 0 Å². The van der Waals surface area contributed by atoms with Gasteiger partial charge in [0.15, 0.2) is 0 Å². The number of benzene rings is 1. The molecule has 9 nitrogen and oxygen atoms in total. The van der Waals surface area contributed by atoms with Crippen LogP contribution in [-0.4, -0.2) is 62.1 Å². The minimum Gasteiger partial charge on any atom is -0.379 e. The summed E-state index contributed by atoms with van der Waals surface area (Å²) in [5, 5.41) is 0.526. The van der Waals surface area contributed by atoms with Crippen molar-refractivity contribution in [2.45, 2.75) is 9.92 Å². The molecule has 2 amide bonds. The second kappa shape index (κ2) is 9.35. The summed E-state index contributed by atoms with van der Waals surface area (Å²) >= 11 is 1.31. The Morgan fingerprint density at radius 3 is 2.55 bits per heavy atom. The monoisotopic (exact) mass is 436 g/mol. The van der Waals surface area contributed by atoms with Crippen molar-refractivity contribution in [2.24, 2.45) is 0 Å². The molecule has 2 N–H and O–H groups in total. The number of amides is 2. The third-order valence-corrected chi connectivity index (χ3v) is 6.81. The molecule has 0 radical (unpaired) electrons. The summed E-state index contributed by atoms with van der Waals surface area (Å²) in [5.74, 6) is -1.15. The van der Waals surface area contributed by atoms with Crippen molar-refractivity contribution in [3.63, 3.8) is 0 Å². The Bertz CT molecular complexity index is 1010. The van der Waals surface area contributed by atoms with Crippen molar-refractivity contribution in [3.8, 4) is 0 Å². The second-order valence-electron chi connectivity index (χ2n) is 6.01. The number of sulfonamides is 1. The Morgan fingerprint density at radius 1 is 1.10 bits per heavy atom. The fourth-order valence-electron chi connectivity index (χ4n) is 2.71. The summed E-state index contributed by atoms with van der Waals surface area (Å²) in [5.41, 5.74) is 5.06. The number of nitrogens with one attached hydrogen (secondary N) is 2. The summed E-state index contributed by atoms with van der Waals surface area (Å²) in [6.45, 7) is 1.19. The molecule has 1 aromatic carbocycles. The van der Waals surface area contributed by atoms with Gasteiger partial charge in [-0.25, -0.2) is 13.4 Å².